The molecule has 286 valence electrons. The van der Waals surface area contributed by atoms with Crippen LogP contribution in [0.5, 0.6) is 5.75 Å². The van der Waals surface area contributed by atoms with Crippen LogP contribution in [0.25, 0.3) is 5.00 Å². The number of aromatic nitrogens is 3. The number of Topliss-reactive ketones (excluding diaryl/α,β-unsaturated/α-hetero) is 1. The number of ether oxygens (including phenoxy) is 3. The first-order valence-corrected chi connectivity index (χ1v) is 19.7. The molecule has 2 aromatic heterocycles. The quantitative estimate of drug-likeness (QED) is 0.121. The first-order valence-electron chi connectivity index (χ1n) is 18.5. The van der Waals surface area contributed by atoms with Crippen molar-refractivity contribution in [1.29, 1.82) is 0 Å². The minimum atomic E-state index is -0.544. The third-order valence-corrected chi connectivity index (χ3v) is 11.0. The molecule has 0 aliphatic carbocycles. The van der Waals surface area contributed by atoms with E-state index in [1.165, 1.54) is 4.88 Å². The van der Waals surface area contributed by atoms with E-state index in [9.17, 15) is 14.4 Å². The summed E-state index contributed by atoms with van der Waals surface area (Å²) in [6, 6.07) is 12.7. The summed E-state index contributed by atoms with van der Waals surface area (Å²) >= 11 is 7.88. The number of nitrogens with one attached hydrogen (secondary N) is 1. The fourth-order valence-electron chi connectivity index (χ4n) is 6.69. The highest BCUT2D eigenvalue weighted by Crippen LogP contribution is 2.39. The molecule has 0 saturated carbocycles. The summed E-state index contributed by atoms with van der Waals surface area (Å²) < 4.78 is 19.1. The summed E-state index contributed by atoms with van der Waals surface area (Å²) in [6.45, 7) is 10.6. The van der Waals surface area contributed by atoms with Gasteiger partial charge in [-0.05, 0) is 81.5 Å². The van der Waals surface area contributed by atoms with Crippen LogP contribution in [0, 0.1) is 20.8 Å². The second-order valence-corrected chi connectivity index (χ2v) is 15.0. The van der Waals surface area contributed by atoms with Crippen LogP contribution in [0.1, 0.15) is 83.8 Å². The zero-order valence-electron chi connectivity index (χ0n) is 31.3. The van der Waals surface area contributed by atoms with E-state index < -0.39 is 6.04 Å². The van der Waals surface area contributed by atoms with Crippen molar-refractivity contribution < 1.29 is 28.6 Å². The van der Waals surface area contributed by atoms with Gasteiger partial charge in [-0.2, -0.15) is 0 Å². The lowest BCUT2D eigenvalue weighted by molar-refractivity contribution is -0.122. The molecule has 2 aromatic carbocycles. The molecular weight excluding hydrogens is 728 g/mol. The highest BCUT2D eigenvalue weighted by Gasteiger charge is 2.32. The minimum absolute atomic E-state index is 0.00137. The number of hydrogen-bond donors (Lipinski definition) is 1. The Balaban J connectivity index is 0.892. The van der Waals surface area contributed by atoms with Crippen molar-refractivity contribution in [2.75, 3.05) is 51.0 Å². The Morgan fingerprint density at radius 3 is 2.56 bits per heavy atom. The summed E-state index contributed by atoms with van der Waals surface area (Å²) in [5.41, 5.74) is 5.88. The molecule has 0 fully saturated rings. The number of rotatable bonds is 17. The molecule has 4 heterocycles. The Labute approximate surface area is 324 Å². The summed E-state index contributed by atoms with van der Waals surface area (Å²) in [4.78, 5) is 46.0. The molecule has 0 saturated heterocycles. The van der Waals surface area contributed by atoms with Gasteiger partial charge in [-0.25, -0.2) is 0 Å². The van der Waals surface area contributed by atoms with Crippen molar-refractivity contribution >= 4 is 51.9 Å². The predicted octanol–water partition coefficient (Wildman–Crippen LogP) is 6.46. The van der Waals surface area contributed by atoms with Gasteiger partial charge in [0, 0.05) is 59.3 Å². The molecule has 0 unspecified atom stereocenters. The zero-order chi connectivity index (χ0) is 38.2. The second-order valence-electron chi connectivity index (χ2n) is 13.4. The van der Waals surface area contributed by atoms with Crippen molar-refractivity contribution in [3.8, 4) is 10.8 Å². The van der Waals surface area contributed by atoms with Crippen LogP contribution >= 0.6 is 22.9 Å². The monoisotopic (exact) mass is 774 g/mol. The van der Waals surface area contributed by atoms with Crippen LogP contribution in [-0.4, -0.2) is 84.2 Å². The molecule has 1 atom stereocenters. The molecule has 0 spiro atoms. The van der Waals surface area contributed by atoms with Crippen LogP contribution in [0.15, 0.2) is 47.5 Å². The van der Waals surface area contributed by atoms with Crippen LogP contribution in [0.4, 0.5) is 5.69 Å². The maximum absolute atomic E-state index is 13.2. The van der Waals surface area contributed by atoms with Crippen molar-refractivity contribution in [2.24, 2.45) is 4.99 Å². The average molecular weight is 775 g/mol. The number of fused-ring (bicyclic) bond motifs is 4. The fourth-order valence-corrected chi connectivity index (χ4v) is 8.03. The summed E-state index contributed by atoms with van der Waals surface area (Å²) in [7, 11) is 0. The van der Waals surface area contributed by atoms with Crippen molar-refractivity contribution in [3.63, 3.8) is 0 Å². The normalized spacial score (nSPS) is 14.8. The minimum Gasteiger partial charge on any atom is -0.486 e. The first kappa shape index (κ1) is 39.3. The van der Waals surface area contributed by atoms with E-state index in [4.69, 9.17) is 30.8 Å². The molecule has 0 radical (unpaired) electrons. The van der Waals surface area contributed by atoms with E-state index >= 15 is 0 Å². The van der Waals surface area contributed by atoms with E-state index in [1.54, 1.807) is 11.3 Å². The Bertz CT molecular complexity index is 2010. The van der Waals surface area contributed by atoms with Crippen LogP contribution in [0.2, 0.25) is 5.02 Å². The number of benzene rings is 2. The summed E-state index contributed by atoms with van der Waals surface area (Å²) in [5.74, 6) is 1.96. The number of carbonyl (C=O) groups is 3. The number of hydrogen-bond acceptors (Lipinski definition) is 10. The third-order valence-electron chi connectivity index (χ3n) is 9.59. The Morgan fingerprint density at radius 1 is 1.00 bits per heavy atom. The van der Waals surface area contributed by atoms with Gasteiger partial charge in [-0.3, -0.25) is 23.9 Å². The third kappa shape index (κ3) is 9.26. The fraction of sp³-hybridized carbons (Fsp3) is 0.450. The van der Waals surface area contributed by atoms with E-state index in [1.807, 2.05) is 65.8 Å². The van der Waals surface area contributed by atoms with Crippen molar-refractivity contribution in [2.45, 2.75) is 72.3 Å². The van der Waals surface area contributed by atoms with Crippen LogP contribution < -0.4 is 15.0 Å². The Kier molecular flexibility index (Phi) is 13.3. The van der Waals surface area contributed by atoms with E-state index in [0.29, 0.717) is 68.8 Å². The smallest absolute Gasteiger partial charge is 0.226 e. The summed E-state index contributed by atoms with van der Waals surface area (Å²) in [5, 5.41) is 13.4. The number of nitrogens with zero attached hydrogens (tertiary/aromatic N) is 5. The highest BCUT2D eigenvalue weighted by molar-refractivity contribution is 7.15. The molecule has 2 amide bonds. The lowest BCUT2D eigenvalue weighted by Gasteiger charge is -2.29. The maximum atomic E-state index is 13.2. The molecule has 2 aliphatic rings. The molecule has 54 heavy (non-hydrogen) atoms. The maximum Gasteiger partial charge on any atom is 0.226 e. The second kappa shape index (κ2) is 18.3. The van der Waals surface area contributed by atoms with Gasteiger partial charge >= 0.3 is 0 Å². The highest BCUT2D eigenvalue weighted by atomic mass is 35.5. The number of aryl methyl sites for hydroxylation is 3. The van der Waals surface area contributed by atoms with Crippen LogP contribution in [-0.2, 0) is 30.3 Å². The number of amides is 2. The van der Waals surface area contributed by atoms with Gasteiger partial charge < -0.3 is 24.4 Å². The topological polar surface area (TPSA) is 137 Å². The van der Waals surface area contributed by atoms with Gasteiger partial charge in [-0.15, -0.1) is 21.5 Å². The predicted molar refractivity (Wildman–Crippen MR) is 210 cm³/mol. The van der Waals surface area contributed by atoms with Gasteiger partial charge in [0.15, 0.2) is 11.6 Å². The lowest BCUT2D eigenvalue weighted by Crippen LogP contribution is -2.34. The van der Waals surface area contributed by atoms with Gasteiger partial charge in [0.05, 0.1) is 32.0 Å². The van der Waals surface area contributed by atoms with E-state index in [-0.39, 0.29) is 30.6 Å². The Hall–Kier alpha value is -4.43. The molecule has 0 bridgehead atoms. The SMILES string of the molecule is CCC(=O)N1CCCc2cc(OCC(=O)CCCOCCOCCNC(=O)C[C@@H]3N=C(c4ccc(Cl)cc4)c4c(sc(C)c4C)-n4c(C)nnc43)ccc21. The largest absolute Gasteiger partial charge is 0.486 e. The molecular formula is C40H47ClN6O6S. The molecule has 2 aliphatic heterocycles. The van der Waals surface area contributed by atoms with Crippen molar-refractivity contribution in [1.82, 2.24) is 20.1 Å². The molecule has 14 heteroatoms. The van der Waals surface area contributed by atoms with Gasteiger partial charge in [0.1, 0.15) is 29.2 Å². The van der Waals surface area contributed by atoms with Gasteiger partial charge in [0.25, 0.3) is 0 Å². The summed E-state index contributed by atoms with van der Waals surface area (Å²) in [6.07, 6.45) is 3.30. The first-order chi connectivity index (χ1) is 26.1. The number of halogens is 1. The molecule has 6 rings (SSSR count). The number of carbonyl (C=O) groups excluding carboxylic acids is 3. The van der Waals surface area contributed by atoms with Gasteiger partial charge in [-0.1, -0.05) is 30.7 Å². The number of aliphatic imine (C=N–C) groups is 1. The lowest BCUT2D eigenvalue weighted by atomic mass is 9.99. The van der Waals surface area contributed by atoms with Crippen molar-refractivity contribution in [3.05, 3.63) is 86.3 Å². The zero-order valence-corrected chi connectivity index (χ0v) is 32.9. The van der Waals surface area contributed by atoms with E-state index in [0.717, 1.165) is 63.9 Å². The molecule has 4 aromatic rings. The number of thiophene rings is 1. The molecule has 12 nitrogen and oxygen atoms in total. The van der Waals surface area contributed by atoms with Crippen LogP contribution in [0.3, 0.4) is 0 Å². The Morgan fingerprint density at radius 2 is 1.78 bits per heavy atom. The number of anilines is 1. The van der Waals surface area contributed by atoms with Gasteiger partial charge in [0.2, 0.25) is 11.8 Å². The average Bonchev–Trinajstić information content (AvgIpc) is 3.65. The standard InChI is InChI=1S/C40H47ClN6O6S/c1-5-36(50)46-17-6-8-29-22-32(14-15-34(29)46)53-24-31(48)9-7-18-51-20-21-52-19-16-42-35(49)23-33-39-45-44-27(4)47(39)40-37(25(2)26(3)54-40)38(43-33)28-10-12-30(41)13-11-28/h10-15,22,33H,5-9,16-21,23-24H2,1-4H3,(H,42,49)/t33-/m0/s1. The number of ketones is 1. The molecule has 1 N–H and O–H groups in total. The van der Waals surface area contributed by atoms with E-state index in [2.05, 4.69) is 29.4 Å².